The standard InChI is InChI=1S/C20H30N2O3/c23-18(8-12-6-16-1-2-17(7-12)22(16)19(24)25)21-20-9-13-3-14(10-20)5-15(4-13)11-20/h12-17H,1-11H2,(H,21,23)(H,24,25). The average Bonchev–Trinajstić information content (AvgIpc) is 2.77. The van der Waals surface area contributed by atoms with Gasteiger partial charge in [-0.3, -0.25) is 4.79 Å². The molecule has 2 aliphatic heterocycles. The first-order valence-corrected chi connectivity index (χ1v) is 10.3. The van der Waals surface area contributed by atoms with E-state index in [-0.39, 0.29) is 23.5 Å². The second-order valence-corrected chi connectivity index (χ2v) is 9.86. The first kappa shape index (κ1) is 16.0. The lowest BCUT2D eigenvalue weighted by Crippen LogP contribution is -2.60. The summed E-state index contributed by atoms with van der Waals surface area (Å²) in [4.78, 5) is 25.9. The Morgan fingerprint density at radius 3 is 1.92 bits per heavy atom. The number of carbonyl (C=O) groups is 2. The van der Waals surface area contributed by atoms with Gasteiger partial charge in [0.05, 0.1) is 0 Å². The Morgan fingerprint density at radius 1 is 0.920 bits per heavy atom. The van der Waals surface area contributed by atoms with Gasteiger partial charge in [-0.1, -0.05) is 0 Å². The fraction of sp³-hybridized carbons (Fsp3) is 0.900. The summed E-state index contributed by atoms with van der Waals surface area (Å²) in [7, 11) is 0. The Balaban J connectivity index is 1.20. The Labute approximate surface area is 149 Å². The maximum atomic E-state index is 12.8. The SMILES string of the molecule is O=C(CC1CC2CCC(C1)N2C(=O)O)NC12CC3CC(CC(C3)C1)C2. The monoisotopic (exact) mass is 346 g/mol. The fourth-order valence-electron chi connectivity index (χ4n) is 7.64. The van der Waals surface area contributed by atoms with E-state index < -0.39 is 6.09 Å². The minimum Gasteiger partial charge on any atom is -0.465 e. The third-order valence-corrected chi connectivity index (χ3v) is 7.97. The predicted molar refractivity (Wildman–Crippen MR) is 93.1 cm³/mol. The molecule has 4 aliphatic carbocycles. The number of hydrogen-bond donors (Lipinski definition) is 2. The lowest BCUT2D eigenvalue weighted by atomic mass is 9.53. The second-order valence-electron chi connectivity index (χ2n) is 9.86. The maximum Gasteiger partial charge on any atom is 0.407 e. The molecule has 2 unspecified atom stereocenters. The van der Waals surface area contributed by atoms with Crippen LogP contribution in [0.5, 0.6) is 0 Å². The lowest BCUT2D eigenvalue weighted by molar-refractivity contribution is -0.128. The van der Waals surface area contributed by atoms with E-state index >= 15 is 0 Å². The van der Waals surface area contributed by atoms with Crippen LogP contribution in [0, 0.1) is 23.7 Å². The van der Waals surface area contributed by atoms with Gasteiger partial charge in [-0.05, 0) is 87.9 Å². The topological polar surface area (TPSA) is 69.6 Å². The number of piperidine rings is 1. The van der Waals surface area contributed by atoms with E-state index in [0.29, 0.717) is 12.3 Å². The smallest absolute Gasteiger partial charge is 0.407 e. The lowest BCUT2D eigenvalue weighted by Gasteiger charge is -2.57. The van der Waals surface area contributed by atoms with Gasteiger partial charge in [-0.2, -0.15) is 0 Å². The zero-order valence-electron chi connectivity index (χ0n) is 15.0. The molecule has 5 heteroatoms. The van der Waals surface area contributed by atoms with Gasteiger partial charge in [-0.25, -0.2) is 4.79 Å². The molecule has 2 atom stereocenters. The number of nitrogens with zero attached hydrogens (tertiary/aromatic N) is 1. The summed E-state index contributed by atoms with van der Waals surface area (Å²) in [5.74, 6) is 3.14. The highest BCUT2D eigenvalue weighted by Gasteiger charge is 2.52. The first-order valence-electron chi connectivity index (χ1n) is 10.3. The molecule has 0 aromatic rings. The van der Waals surface area contributed by atoms with Gasteiger partial charge in [0.25, 0.3) is 0 Å². The normalized spacial score (nSPS) is 47.1. The number of amides is 2. The van der Waals surface area contributed by atoms with Crippen molar-refractivity contribution in [2.45, 2.75) is 88.3 Å². The van der Waals surface area contributed by atoms with Gasteiger partial charge in [-0.15, -0.1) is 0 Å². The molecule has 6 bridgehead atoms. The van der Waals surface area contributed by atoms with Crippen LogP contribution < -0.4 is 5.32 Å². The highest BCUT2D eigenvalue weighted by molar-refractivity contribution is 5.77. The summed E-state index contributed by atoms with van der Waals surface area (Å²) < 4.78 is 0. The molecule has 0 aromatic carbocycles. The summed E-state index contributed by atoms with van der Waals surface area (Å²) in [6.45, 7) is 0. The highest BCUT2D eigenvalue weighted by atomic mass is 16.4. The van der Waals surface area contributed by atoms with Crippen LogP contribution in [0.3, 0.4) is 0 Å². The van der Waals surface area contributed by atoms with Crippen molar-refractivity contribution in [3.05, 3.63) is 0 Å². The predicted octanol–water partition coefficient (Wildman–Crippen LogP) is 3.38. The van der Waals surface area contributed by atoms with E-state index in [2.05, 4.69) is 5.32 Å². The molecule has 2 amide bonds. The molecule has 138 valence electrons. The van der Waals surface area contributed by atoms with Gasteiger partial charge >= 0.3 is 6.09 Å². The van der Waals surface area contributed by atoms with Gasteiger partial charge in [0.15, 0.2) is 0 Å². The minimum atomic E-state index is -0.774. The quantitative estimate of drug-likeness (QED) is 0.823. The molecule has 2 saturated heterocycles. The molecule has 4 saturated carbocycles. The summed E-state index contributed by atoms with van der Waals surface area (Å²) in [6, 6.07) is 0.294. The average molecular weight is 346 g/mol. The summed E-state index contributed by atoms with van der Waals surface area (Å²) in [5, 5.41) is 12.9. The number of carbonyl (C=O) groups excluding carboxylic acids is 1. The van der Waals surface area contributed by atoms with Crippen molar-refractivity contribution in [2.75, 3.05) is 0 Å². The summed E-state index contributed by atoms with van der Waals surface area (Å²) in [5.41, 5.74) is 0.104. The number of nitrogens with one attached hydrogen (secondary N) is 1. The van der Waals surface area contributed by atoms with Crippen molar-refractivity contribution in [3.8, 4) is 0 Å². The zero-order valence-corrected chi connectivity index (χ0v) is 15.0. The van der Waals surface area contributed by atoms with Crippen molar-refractivity contribution >= 4 is 12.0 Å². The molecule has 0 aromatic heterocycles. The molecule has 6 fully saturated rings. The summed E-state index contributed by atoms with van der Waals surface area (Å²) in [6.07, 6.45) is 11.3. The van der Waals surface area contributed by atoms with Gasteiger partial charge < -0.3 is 15.3 Å². The van der Waals surface area contributed by atoms with Crippen molar-refractivity contribution in [1.29, 1.82) is 0 Å². The van der Waals surface area contributed by atoms with Crippen LogP contribution in [0.1, 0.15) is 70.6 Å². The molecule has 2 N–H and O–H groups in total. The highest BCUT2D eigenvalue weighted by Crippen LogP contribution is 2.55. The molecule has 25 heavy (non-hydrogen) atoms. The molecule has 0 radical (unpaired) electrons. The van der Waals surface area contributed by atoms with Crippen LogP contribution in [0.15, 0.2) is 0 Å². The van der Waals surface area contributed by atoms with Gasteiger partial charge in [0, 0.05) is 24.0 Å². The van der Waals surface area contributed by atoms with Gasteiger partial charge in [0.1, 0.15) is 0 Å². The van der Waals surface area contributed by atoms with E-state index in [4.69, 9.17) is 0 Å². The van der Waals surface area contributed by atoms with E-state index in [0.717, 1.165) is 43.4 Å². The number of hydrogen-bond acceptors (Lipinski definition) is 2. The van der Waals surface area contributed by atoms with Crippen molar-refractivity contribution in [3.63, 3.8) is 0 Å². The van der Waals surface area contributed by atoms with Crippen molar-refractivity contribution in [1.82, 2.24) is 10.2 Å². The molecular weight excluding hydrogens is 316 g/mol. The van der Waals surface area contributed by atoms with Crippen LogP contribution in [-0.2, 0) is 4.79 Å². The third kappa shape index (κ3) is 2.74. The molecule has 6 aliphatic rings. The Morgan fingerprint density at radius 2 is 1.44 bits per heavy atom. The van der Waals surface area contributed by atoms with E-state index in [1.54, 1.807) is 4.90 Å². The van der Waals surface area contributed by atoms with E-state index in [1.807, 2.05) is 0 Å². The Hall–Kier alpha value is -1.26. The molecular formula is C20H30N2O3. The Bertz CT molecular complexity index is 540. The first-order chi connectivity index (χ1) is 12.0. The van der Waals surface area contributed by atoms with Crippen molar-refractivity contribution in [2.24, 2.45) is 23.7 Å². The molecule has 0 spiro atoms. The Kier molecular flexibility index (Phi) is 3.58. The maximum absolute atomic E-state index is 12.8. The molecule has 6 rings (SSSR count). The van der Waals surface area contributed by atoms with E-state index in [9.17, 15) is 14.7 Å². The van der Waals surface area contributed by atoms with Crippen LogP contribution >= 0.6 is 0 Å². The largest absolute Gasteiger partial charge is 0.465 e. The van der Waals surface area contributed by atoms with Crippen molar-refractivity contribution < 1.29 is 14.7 Å². The third-order valence-electron chi connectivity index (χ3n) is 7.97. The zero-order chi connectivity index (χ0) is 17.2. The number of carboxylic acid groups (broad SMARTS) is 1. The fourth-order valence-corrected chi connectivity index (χ4v) is 7.64. The van der Waals surface area contributed by atoms with Crippen LogP contribution in [0.2, 0.25) is 0 Å². The van der Waals surface area contributed by atoms with Crippen LogP contribution in [0.25, 0.3) is 0 Å². The van der Waals surface area contributed by atoms with Crippen LogP contribution in [0.4, 0.5) is 4.79 Å². The number of rotatable bonds is 3. The minimum absolute atomic E-state index is 0.104. The molecule has 5 nitrogen and oxygen atoms in total. The second kappa shape index (κ2) is 5.62. The number of fused-ring (bicyclic) bond motifs is 2. The van der Waals surface area contributed by atoms with Crippen LogP contribution in [-0.4, -0.2) is 39.6 Å². The van der Waals surface area contributed by atoms with Gasteiger partial charge in [0.2, 0.25) is 5.91 Å². The molecule has 2 heterocycles. The summed E-state index contributed by atoms with van der Waals surface area (Å²) >= 11 is 0. The van der Waals surface area contributed by atoms with E-state index in [1.165, 1.54) is 38.5 Å².